The Labute approximate surface area is 205 Å². The second kappa shape index (κ2) is 8.99. The molecule has 0 aliphatic carbocycles. The molecule has 1 aliphatic heterocycles. The van der Waals surface area contributed by atoms with Gasteiger partial charge in [0.25, 0.3) is 0 Å². The van der Waals surface area contributed by atoms with E-state index in [0.717, 1.165) is 45.8 Å². The number of nitrogens with two attached hydrogens (primary N) is 1. The van der Waals surface area contributed by atoms with E-state index in [9.17, 15) is 4.79 Å². The Morgan fingerprint density at radius 3 is 1.87 bits per heavy atom. The minimum Gasteiger partial charge on any atom is -0.456 e. The summed E-state index contributed by atoms with van der Waals surface area (Å²) in [6.45, 7) is 6.37. The first kappa shape index (κ1) is 21.6. The topological polar surface area (TPSA) is 42.9 Å². The maximum atomic E-state index is 12.9. The first-order valence-corrected chi connectivity index (χ1v) is 12.6. The Bertz CT molecular complexity index is 598. The zero-order valence-electron chi connectivity index (χ0n) is 12.7. The van der Waals surface area contributed by atoms with Gasteiger partial charge in [-0.2, -0.15) is 0 Å². The van der Waals surface area contributed by atoms with Crippen molar-refractivity contribution in [2.75, 3.05) is 13.1 Å². The van der Waals surface area contributed by atoms with Crippen molar-refractivity contribution in [1.29, 1.82) is 0 Å². The molecule has 0 atom stereocenters. The van der Waals surface area contributed by atoms with Crippen molar-refractivity contribution < 1.29 is 14.8 Å². The van der Waals surface area contributed by atoms with Crippen molar-refractivity contribution in [2.24, 2.45) is 5.92 Å². The van der Waals surface area contributed by atoms with Crippen LogP contribution in [0.5, 0.6) is 0 Å². The van der Waals surface area contributed by atoms with Crippen molar-refractivity contribution in [2.45, 2.75) is 32.3 Å². The Hall–Kier alpha value is 2.30. The largest absolute Gasteiger partial charge is 0.456 e. The zero-order valence-corrected chi connectivity index (χ0v) is 23.5. The number of carbonyl (C=O) groups is 1. The van der Waals surface area contributed by atoms with E-state index in [2.05, 4.69) is 132 Å². The highest BCUT2D eigenvalue weighted by atomic mass is 127. The lowest BCUT2D eigenvalue weighted by molar-refractivity contribution is -0.665. The molecule has 8 heteroatoms. The van der Waals surface area contributed by atoms with Crippen LogP contribution in [0.25, 0.3) is 0 Å². The van der Waals surface area contributed by atoms with Crippen molar-refractivity contribution in [3.8, 4) is 0 Å². The van der Waals surface area contributed by atoms with Crippen LogP contribution in [0.3, 0.4) is 0 Å². The summed E-state index contributed by atoms with van der Waals surface area (Å²) in [6, 6.07) is 0. The number of esters is 1. The summed E-state index contributed by atoms with van der Waals surface area (Å²) in [6.07, 6.45) is 2.21. The molecule has 0 saturated carbocycles. The number of hydrogen-bond acceptors (Lipinski definition) is 2. The molecule has 0 aromatic heterocycles. The molecule has 1 aromatic rings. The predicted octanol–water partition coefficient (Wildman–Crippen LogP) is 4.62. The molecule has 0 spiro atoms. The fraction of sp³-hybridized carbons (Fsp3) is 0.533. The number of piperidine rings is 1. The fourth-order valence-corrected chi connectivity index (χ4v) is 7.98. The van der Waals surface area contributed by atoms with Crippen LogP contribution in [0.15, 0.2) is 0 Å². The third-order valence-corrected chi connectivity index (χ3v) is 13.7. The van der Waals surface area contributed by atoms with Crippen LogP contribution in [0, 0.1) is 23.8 Å². The SMILES string of the molecule is CC(C)(OC(=O)c1c(I)c(I)c(I)c(I)c1I)C1CC[NH2+]CC1. The number of benzene rings is 1. The Balaban J connectivity index is 2.31. The van der Waals surface area contributed by atoms with Gasteiger partial charge in [-0.15, -0.1) is 0 Å². The molecule has 0 radical (unpaired) electrons. The van der Waals surface area contributed by atoms with Crippen LogP contribution in [-0.2, 0) is 4.74 Å². The molecule has 23 heavy (non-hydrogen) atoms. The standard InChI is InChI=1S/C15H16I5NO2/c1-15(2,7-3-5-21-6-4-7)23-14(22)8-9(16)11(18)13(20)12(19)10(8)17/h7,21H,3-6H2,1-2H3/p+1. The van der Waals surface area contributed by atoms with Crippen molar-refractivity contribution in [3.05, 3.63) is 23.4 Å². The molecule has 2 N–H and O–H groups in total. The maximum Gasteiger partial charge on any atom is 0.340 e. The maximum absolute atomic E-state index is 12.9. The monoisotopic (exact) mass is 878 g/mol. The summed E-state index contributed by atoms with van der Waals surface area (Å²) in [5, 5.41) is 2.34. The van der Waals surface area contributed by atoms with Crippen LogP contribution >= 0.6 is 113 Å². The lowest BCUT2D eigenvalue weighted by atomic mass is 9.83. The minimum absolute atomic E-state index is 0.189. The lowest BCUT2D eigenvalue weighted by Crippen LogP contribution is -2.86. The molecule has 1 fully saturated rings. The predicted molar refractivity (Wildman–Crippen MR) is 134 cm³/mol. The molecular weight excluding hydrogens is 861 g/mol. The summed E-state index contributed by atoms with van der Waals surface area (Å²) in [7, 11) is 0. The summed E-state index contributed by atoms with van der Waals surface area (Å²) in [5.41, 5.74) is 0.299. The molecule has 2 rings (SSSR count). The summed E-state index contributed by atoms with van der Waals surface area (Å²) in [5.74, 6) is 0.249. The normalized spacial score (nSPS) is 16.5. The Morgan fingerprint density at radius 2 is 1.39 bits per heavy atom. The number of carbonyl (C=O) groups excluding carboxylic acids is 1. The van der Waals surface area contributed by atoms with E-state index < -0.39 is 5.60 Å². The highest BCUT2D eigenvalue weighted by Crippen LogP contribution is 2.36. The average Bonchev–Trinajstić information content (AvgIpc) is 2.51. The van der Waals surface area contributed by atoms with Crippen molar-refractivity contribution in [1.82, 2.24) is 0 Å². The van der Waals surface area contributed by atoms with Gasteiger partial charge < -0.3 is 10.1 Å². The second-order valence-corrected chi connectivity index (χ2v) is 11.5. The molecule has 0 amide bonds. The van der Waals surface area contributed by atoms with Gasteiger partial charge in [-0.25, -0.2) is 4.79 Å². The molecule has 0 unspecified atom stereocenters. The number of hydrogen-bond donors (Lipinski definition) is 1. The molecule has 1 aromatic carbocycles. The highest BCUT2D eigenvalue weighted by Gasteiger charge is 2.37. The van der Waals surface area contributed by atoms with E-state index >= 15 is 0 Å². The number of ether oxygens (including phenoxy) is 1. The highest BCUT2D eigenvalue weighted by molar-refractivity contribution is 14.1. The molecule has 128 valence electrons. The summed E-state index contributed by atoms with van der Waals surface area (Å²) >= 11 is 11.5. The molecule has 3 nitrogen and oxygen atoms in total. The smallest absolute Gasteiger partial charge is 0.340 e. The van der Waals surface area contributed by atoms with E-state index in [1.54, 1.807) is 0 Å². The number of quaternary nitrogens is 1. The third-order valence-electron chi connectivity index (χ3n) is 4.19. The van der Waals surface area contributed by atoms with Gasteiger partial charge in [0.1, 0.15) is 5.60 Å². The van der Waals surface area contributed by atoms with Gasteiger partial charge in [-0.3, -0.25) is 0 Å². The van der Waals surface area contributed by atoms with Gasteiger partial charge in [-0.1, -0.05) is 0 Å². The van der Waals surface area contributed by atoms with E-state index in [-0.39, 0.29) is 5.97 Å². The molecular formula is C15H17I5NO2+. The molecule has 1 heterocycles. The van der Waals surface area contributed by atoms with Gasteiger partial charge in [0.15, 0.2) is 0 Å². The summed E-state index contributed by atoms with van der Waals surface area (Å²) in [4.78, 5) is 12.9. The summed E-state index contributed by atoms with van der Waals surface area (Å²) < 4.78 is 11.5. The zero-order chi connectivity index (χ0) is 17.4. The van der Waals surface area contributed by atoms with Crippen molar-refractivity contribution >= 4 is 119 Å². The van der Waals surface area contributed by atoms with E-state index in [1.165, 1.54) is 3.57 Å². The number of halogens is 5. The lowest BCUT2D eigenvalue weighted by Gasteiger charge is -2.35. The van der Waals surface area contributed by atoms with Gasteiger partial charge in [-0.05, 0) is 127 Å². The quantitative estimate of drug-likeness (QED) is 0.209. The average molecular weight is 878 g/mol. The first-order valence-electron chi connectivity index (χ1n) is 7.23. The van der Waals surface area contributed by atoms with Crippen LogP contribution in [0.1, 0.15) is 37.0 Å². The minimum atomic E-state index is -0.419. The van der Waals surface area contributed by atoms with Crippen molar-refractivity contribution in [3.63, 3.8) is 0 Å². The molecule has 0 bridgehead atoms. The van der Waals surface area contributed by atoms with Crippen LogP contribution < -0.4 is 5.32 Å². The van der Waals surface area contributed by atoms with Crippen LogP contribution in [-0.4, -0.2) is 24.7 Å². The van der Waals surface area contributed by atoms with Gasteiger partial charge in [0.2, 0.25) is 0 Å². The van der Waals surface area contributed by atoms with E-state index in [4.69, 9.17) is 4.74 Å². The number of rotatable bonds is 3. The van der Waals surface area contributed by atoms with E-state index in [1.807, 2.05) is 0 Å². The fourth-order valence-electron chi connectivity index (χ4n) is 2.78. The van der Waals surface area contributed by atoms with Gasteiger partial charge in [0.05, 0.1) is 18.7 Å². The van der Waals surface area contributed by atoms with Crippen LogP contribution in [0.2, 0.25) is 0 Å². The van der Waals surface area contributed by atoms with Gasteiger partial charge in [0, 0.05) is 36.6 Å². The molecule has 1 saturated heterocycles. The molecule has 1 aliphatic rings. The third kappa shape index (κ3) is 4.97. The van der Waals surface area contributed by atoms with Gasteiger partial charge >= 0.3 is 5.97 Å². The van der Waals surface area contributed by atoms with E-state index in [0.29, 0.717) is 5.92 Å². The Kier molecular flexibility index (Phi) is 8.45. The second-order valence-electron chi connectivity index (χ2n) is 6.08. The first-order chi connectivity index (χ1) is 10.7. The Morgan fingerprint density at radius 1 is 0.957 bits per heavy atom. The van der Waals surface area contributed by atoms with Crippen LogP contribution in [0.4, 0.5) is 0 Å².